The molecule has 25 heavy (non-hydrogen) atoms. The van der Waals surface area contributed by atoms with E-state index in [1.807, 2.05) is 26.8 Å². The van der Waals surface area contributed by atoms with Gasteiger partial charge in [-0.1, -0.05) is 12.5 Å². The molecule has 0 aromatic carbocycles. The van der Waals surface area contributed by atoms with Crippen molar-refractivity contribution in [1.29, 1.82) is 0 Å². The molecule has 1 aliphatic heterocycles. The van der Waals surface area contributed by atoms with Crippen LogP contribution in [-0.2, 0) is 19.3 Å². The molecule has 0 aliphatic carbocycles. The van der Waals surface area contributed by atoms with Crippen LogP contribution < -0.4 is 0 Å². The zero-order chi connectivity index (χ0) is 18.9. The van der Waals surface area contributed by atoms with Crippen molar-refractivity contribution in [2.45, 2.75) is 77.4 Å². The van der Waals surface area contributed by atoms with E-state index in [-0.39, 0.29) is 17.9 Å². The predicted octanol–water partition coefficient (Wildman–Crippen LogP) is 4.24. The highest BCUT2D eigenvalue weighted by Gasteiger charge is 2.35. The van der Waals surface area contributed by atoms with Gasteiger partial charge in [0.15, 0.2) is 0 Å². The largest absolute Gasteiger partial charge is 0.443 e. The number of carbonyl (C=O) groups is 2. The first-order valence-corrected chi connectivity index (χ1v) is 9.10. The molecule has 1 saturated heterocycles. The zero-order valence-corrected chi connectivity index (χ0v) is 16.1. The number of imide groups is 1. The lowest BCUT2D eigenvalue weighted by atomic mass is 9.91. The Labute approximate surface area is 151 Å². The molecule has 0 bridgehead atoms. The molecule has 0 spiro atoms. The normalized spacial score (nSPS) is 20.1. The highest BCUT2D eigenvalue weighted by Crippen LogP contribution is 2.28. The first kappa shape index (κ1) is 21.6. The molecule has 1 fully saturated rings. The van der Waals surface area contributed by atoms with Crippen LogP contribution in [0.15, 0.2) is 12.7 Å². The van der Waals surface area contributed by atoms with Gasteiger partial charge in [-0.2, -0.15) is 0 Å². The highest BCUT2D eigenvalue weighted by atomic mass is 17.2. The number of hydrogen-bond acceptors (Lipinski definition) is 5. The molecule has 2 amide bonds. The monoisotopic (exact) mass is 355 g/mol. The maximum atomic E-state index is 12.6. The Bertz CT molecular complexity index is 444. The smallest absolute Gasteiger partial charge is 0.417 e. The third-order valence-corrected chi connectivity index (χ3v) is 4.23. The van der Waals surface area contributed by atoms with Gasteiger partial charge in [0.05, 0.1) is 13.7 Å². The molecular weight excluding hydrogens is 322 g/mol. The second-order valence-corrected chi connectivity index (χ2v) is 7.55. The Hall–Kier alpha value is -1.40. The summed E-state index contributed by atoms with van der Waals surface area (Å²) in [6.07, 6.45) is 6.61. The first-order chi connectivity index (χ1) is 11.8. The summed E-state index contributed by atoms with van der Waals surface area (Å²) in [4.78, 5) is 36.1. The van der Waals surface area contributed by atoms with Gasteiger partial charge in [0.25, 0.3) is 0 Å². The van der Waals surface area contributed by atoms with E-state index in [9.17, 15) is 9.59 Å². The number of carbonyl (C=O) groups excluding carboxylic acids is 2. The summed E-state index contributed by atoms with van der Waals surface area (Å²) in [5.74, 6) is 0.135. The second kappa shape index (κ2) is 10.6. The number of likely N-dealkylation sites (tertiary alicyclic amines) is 1. The Balaban J connectivity index is 2.86. The van der Waals surface area contributed by atoms with E-state index in [0.29, 0.717) is 13.0 Å². The number of nitrogens with zero attached hydrogens (tertiary/aromatic N) is 1. The van der Waals surface area contributed by atoms with Crippen LogP contribution in [0, 0.1) is 5.92 Å². The lowest BCUT2D eigenvalue weighted by molar-refractivity contribution is -0.274. The van der Waals surface area contributed by atoms with Gasteiger partial charge in [-0.05, 0) is 58.8 Å². The van der Waals surface area contributed by atoms with Gasteiger partial charge in [-0.15, -0.1) is 6.58 Å². The van der Waals surface area contributed by atoms with Gasteiger partial charge in [0, 0.05) is 12.5 Å². The van der Waals surface area contributed by atoms with E-state index in [1.165, 1.54) is 12.0 Å². The fourth-order valence-corrected chi connectivity index (χ4v) is 3.15. The summed E-state index contributed by atoms with van der Waals surface area (Å²) >= 11 is 0. The van der Waals surface area contributed by atoms with Crippen molar-refractivity contribution in [3.63, 3.8) is 0 Å². The fraction of sp³-hybridized carbons (Fsp3) is 0.789. The maximum Gasteiger partial charge on any atom is 0.417 e. The quantitative estimate of drug-likeness (QED) is 0.282. The Morgan fingerprint density at radius 1 is 1.40 bits per heavy atom. The minimum atomic E-state index is -0.624. The van der Waals surface area contributed by atoms with E-state index in [4.69, 9.17) is 9.62 Å². The van der Waals surface area contributed by atoms with E-state index in [2.05, 4.69) is 11.5 Å². The molecule has 1 rings (SSSR count). The molecule has 0 N–H and O–H groups in total. The Kier molecular flexibility index (Phi) is 9.14. The zero-order valence-electron chi connectivity index (χ0n) is 16.1. The second-order valence-electron chi connectivity index (χ2n) is 7.55. The number of amides is 2. The van der Waals surface area contributed by atoms with Crippen LogP contribution >= 0.6 is 0 Å². The molecule has 0 aromatic heterocycles. The van der Waals surface area contributed by atoms with Crippen LogP contribution in [0.4, 0.5) is 4.79 Å². The molecule has 2 atom stereocenters. The van der Waals surface area contributed by atoms with E-state index in [0.717, 1.165) is 38.5 Å². The molecule has 144 valence electrons. The van der Waals surface area contributed by atoms with Crippen LogP contribution in [0.5, 0.6) is 0 Å². The number of allylic oxidation sites excluding steroid dienone is 1. The third-order valence-electron chi connectivity index (χ3n) is 4.23. The average Bonchev–Trinajstić information content (AvgIpc) is 2.67. The highest BCUT2D eigenvalue weighted by molar-refractivity contribution is 5.92. The summed E-state index contributed by atoms with van der Waals surface area (Å²) in [6.45, 7) is 9.72. The van der Waals surface area contributed by atoms with Gasteiger partial charge in [0.2, 0.25) is 5.91 Å². The Morgan fingerprint density at radius 3 is 2.72 bits per heavy atom. The molecule has 0 radical (unpaired) electrons. The fourth-order valence-electron chi connectivity index (χ4n) is 3.15. The van der Waals surface area contributed by atoms with Crippen LogP contribution in [-0.4, -0.2) is 42.3 Å². The number of hydrogen-bond donors (Lipinski definition) is 0. The molecule has 1 heterocycles. The van der Waals surface area contributed by atoms with Gasteiger partial charge in [-0.3, -0.25) is 4.79 Å². The molecule has 0 saturated carbocycles. The van der Waals surface area contributed by atoms with Crippen LogP contribution in [0.25, 0.3) is 0 Å². The summed E-state index contributed by atoms with van der Waals surface area (Å²) < 4.78 is 5.47. The van der Waals surface area contributed by atoms with Gasteiger partial charge in [-0.25, -0.2) is 19.5 Å². The van der Waals surface area contributed by atoms with Crippen LogP contribution in [0.2, 0.25) is 0 Å². The number of rotatable bonds is 8. The van der Waals surface area contributed by atoms with E-state index in [1.54, 1.807) is 0 Å². The van der Waals surface area contributed by atoms with Crippen LogP contribution in [0.3, 0.4) is 0 Å². The topological polar surface area (TPSA) is 65.1 Å². The van der Waals surface area contributed by atoms with E-state index < -0.39 is 11.7 Å². The number of ether oxygens (including phenoxy) is 1. The van der Waals surface area contributed by atoms with E-state index >= 15 is 0 Å². The SMILES string of the molecule is C=CCC(CCOOC)CC1CCCCC(=O)N1C(=O)OC(C)(C)C. The molecular formula is C19H33NO5. The van der Waals surface area contributed by atoms with Crippen molar-refractivity contribution in [3.05, 3.63) is 12.7 Å². The molecule has 2 unspecified atom stereocenters. The van der Waals surface area contributed by atoms with Crippen molar-refractivity contribution in [3.8, 4) is 0 Å². The summed E-state index contributed by atoms with van der Waals surface area (Å²) in [6, 6.07) is -0.141. The van der Waals surface area contributed by atoms with Crippen molar-refractivity contribution in [1.82, 2.24) is 4.90 Å². The molecule has 0 aromatic rings. The third kappa shape index (κ3) is 8.01. The molecule has 6 nitrogen and oxygen atoms in total. The molecule has 1 aliphatic rings. The lowest BCUT2D eigenvalue weighted by Gasteiger charge is -2.32. The lowest BCUT2D eigenvalue weighted by Crippen LogP contribution is -2.46. The average molecular weight is 355 g/mol. The minimum absolute atomic E-state index is 0.137. The summed E-state index contributed by atoms with van der Waals surface area (Å²) in [7, 11) is 1.48. The minimum Gasteiger partial charge on any atom is -0.443 e. The van der Waals surface area contributed by atoms with Crippen molar-refractivity contribution in [2.24, 2.45) is 5.92 Å². The first-order valence-electron chi connectivity index (χ1n) is 9.10. The van der Waals surface area contributed by atoms with Gasteiger partial charge in [0.1, 0.15) is 5.60 Å². The summed E-state index contributed by atoms with van der Waals surface area (Å²) in [5.41, 5.74) is -0.624. The maximum absolute atomic E-state index is 12.6. The molecule has 6 heteroatoms. The van der Waals surface area contributed by atoms with Gasteiger partial charge >= 0.3 is 6.09 Å². The predicted molar refractivity (Wildman–Crippen MR) is 95.8 cm³/mol. The Morgan fingerprint density at radius 2 is 2.12 bits per heavy atom. The van der Waals surface area contributed by atoms with Crippen molar-refractivity contribution >= 4 is 12.0 Å². The van der Waals surface area contributed by atoms with Crippen molar-refractivity contribution < 1.29 is 24.1 Å². The summed E-state index contributed by atoms with van der Waals surface area (Å²) in [5, 5.41) is 0. The van der Waals surface area contributed by atoms with Crippen LogP contribution in [0.1, 0.15) is 65.7 Å². The van der Waals surface area contributed by atoms with Gasteiger partial charge < -0.3 is 4.74 Å². The van der Waals surface area contributed by atoms with Crippen molar-refractivity contribution in [2.75, 3.05) is 13.7 Å². The standard InChI is InChI=1S/C19H33NO5/c1-6-9-15(12-13-24-23-5)14-16-10-7-8-11-17(21)20(16)18(22)25-19(2,3)4/h6,15-16H,1,7-14H2,2-5H3.